The number of rotatable bonds is 15. The van der Waals surface area contributed by atoms with Gasteiger partial charge < -0.3 is 34.9 Å². The maximum atomic E-state index is 14.3. The Labute approximate surface area is 291 Å². The lowest BCUT2D eigenvalue weighted by Crippen LogP contribution is -2.61. The zero-order valence-corrected chi connectivity index (χ0v) is 31.5. The van der Waals surface area contributed by atoms with E-state index in [1.165, 1.54) is 14.2 Å². The van der Waals surface area contributed by atoms with Gasteiger partial charge in [0.1, 0.15) is 12.1 Å². The third-order valence-corrected chi connectivity index (χ3v) is 9.18. The highest BCUT2D eigenvalue weighted by molar-refractivity contribution is 5.96. The van der Waals surface area contributed by atoms with Crippen LogP contribution < -0.4 is 16.0 Å². The molecule has 3 N–H and O–H groups in total. The number of likely N-dealkylation sites (N-methyl/N-ethyl adjacent to an activating group) is 2. The number of carbonyl (C=O) groups excluding carboxylic acids is 5. The molecule has 2 aromatic rings. The molecule has 0 aliphatic rings. The number of hydrogen-bond acceptors (Lipinski definition) is 8. The predicted octanol–water partition coefficient (Wildman–Crippen LogP) is 3.62. The molecule has 1 unspecified atom stereocenters. The summed E-state index contributed by atoms with van der Waals surface area (Å²) in [5, 5.41) is 9.97. The Morgan fingerprint density at radius 1 is 0.959 bits per heavy atom. The van der Waals surface area contributed by atoms with Crippen LogP contribution in [0, 0.1) is 11.3 Å². The first-order valence-corrected chi connectivity index (χ1v) is 16.7. The largest absolute Gasteiger partial charge is 0.469 e. The summed E-state index contributed by atoms with van der Waals surface area (Å²) in [5.41, 5.74) is 1.03. The zero-order chi connectivity index (χ0) is 37.4. The van der Waals surface area contributed by atoms with Gasteiger partial charge in [0.05, 0.1) is 26.3 Å². The van der Waals surface area contributed by atoms with Crippen LogP contribution in [0.2, 0.25) is 0 Å². The molecular formula is C37H57N5O7. The van der Waals surface area contributed by atoms with Crippen molar-refractivity contribution in [3.63, 3.8) is 0 Å². The van der Waals surface area contributed by atoms with E-state index in [2.05, 4.69) is 20.7 Å². The second kappa shape index (κ2) is 17.0. The van der Waals surface area contributed by atoms with Crippen molar-refractivity contribution in [2.24, 2.45) is 18.4 Å². The average molecular weight is 684 g/mol. The summed E-state index contributed by atoms with van der Waals surface area (Å²) in [6.45, 7) is 15.2. The number of nitrogens with one attached hydrogen (secondary N) is 3. The Morgan fingerprint density at radius 3 is 2.10 bits per heavy atom. The summed E-state index contributed by atoms with van der Waals surface area (Å²) < 4.78 is 11.5. The molecule has 3 amide bonds. The molecule has 0 fully saturated rings. The molecule has 12 nitrogen and oxygen atoms in total. The van der Waals surface area contributed by atoms with Crippen molar-refractivity contribution < 1.29 is 33.4 Å². The highest BCUT2D eigenvalue weighted by Crippen LogP contribution is 2.35. The molecule has 12 heteroatoms. The normalized spacial score (nSPS) is 14.9. The van der Waals surface area contributed by atoms with E-state index in [9.17, 15) is 24.0 Å². The topological polar surface area (TPSA) is 148 Å². The van der Waals surface area contributed by atoms with Crippen molar-refractivity contribution in [2.45, 2.75) is 97.8 Å². The highest BCUT2D eigenvalue weighted by atomic mass is 16.5. The van der Waals surface area contributed by atoms with E-state index in [0.717, 1.165) is 16.5 Å². The summed E-state index contributed by atoms with van der Waals surface area (Å²) >= 11 is 0. The van der Waals surface area contributed by atoms with Crippen LogP contribution in [0.4, 0.5) is 0 Å². The van der Waals surface area contributed by atoms with E-state index in [1.54, 1.807) is 32.0 Å². The molecule has 0 aliphatic carbocycles. The van der Waals surface area contributed by atoms with Crippen molar-refractivity contribution in [2.75, 3.05) is 28.3 Å². The van der Waals surface area contributed by atoms with Crippen molar-refractivity contribution in [3.05, 3.63) is 47.7 Å². The number of amides is 3. The fourth-order valence-corrected chi connectivity index (χ4v) is 6.17. The minimum Gasteiger partial charge on any atom is -0.469 e. The van der Waals surface area contributed by atoms with Crippen LogP contribution in [0.15, 0.2) is 42.1 Å². The summed E-state index contributed by atoms with van der Waals surface area (Å²) in [7, 11) is 7.82. The van der Waals surface area contributed by atoms with E-state index < -0.39 is 52.8 Å². The molecule has 4 atom stereocenters. The second-order valence-corrected chi connectivity index (χ2v) is 14.6. The molecule has 0 spiro atoms. The van der Waals surface area contributed by atoms with Gasteiger partial charge in [-0.15, -0.1) is 0 Å². The number of nitrogens with zero attached hydrogens (tertiary/aromatic N) is 2. The maximum absolute atomic E-state index is 14.3. The minimum absolute atomic E-state index is 0.00222. The summed E-state index contributed by atoms with van der Waals surface area (Å²) in [4.78, 5) is 67.1. The van der Waals surface area contributed by atoms with Gasteiger partial charge in [-0.2, -0.15) is 0 Å². The van der Waals surface area contributed by atoms with Gasteiger partial charge in [-0.25, -0.2) is 4.79 Å². The fourth-order valence-electron chi connectivity index (χ4n) is 6.17. The smallest absolute Gasteiger partial charge is 0.328 e. The number of benzene rings is 1. The lowest BCUT2D eigenvalue weighted by Gasteiger charge is -2.39. The average Bonchev–Trinajstić information content (AvgIpc) is 3.39. The summed E-state index contributed by atoms with van der Waals surface area (Å²) in [6, 6.07) is 4.90. The molecule has 272 valence electrons. The first kappa shape index (κ1) is 41.0. The van der Waals surface area contributed by atoms with Crippen LogP contribution in [0.25, 0.3) is 10.9 Å². The third kappa shape index (κ3) is 9.93. The van der Waals surface area contributed by atoms with Gasteiger partial charge in [-0.3, -0.25) is 19.2 Å². The molecule has 0 radical (unpaired) electrons. The van der Waals surface area contributed by atoms with Gasteiger partial charge in [0.2, 0.25) is 17.7 Å². The Kier molecular flexibility index (Phi) is 14.2. The van der Waals surface area contributed by atoms with Crippen molar-refractivity contribution in [1.82, 2.24) is 25.4 Å². The number of aryl methyl sites for hydroxylation is 1. The molecule has 0 aliphatic heterocycles. The number of ether oxygens (including phenoxy) is 2. The number of para-hydroxylation sites is 1. The SMILES string of the molecule is CN[C@H](C(=O)NC(C(=O)N(C)[C@H](/C=C(\C)C(=O)N[C@@H](CCC(=O)OC)C(=O)OC)C(C)C)C(C)(C)C)C(C)(C)c1cn(C)c2ccccc12. The third-order valence-electron chi connectivity index (χ3n) is 9.18. The van der Waals surface area contributed by atoms with Gasteiger partial charge in [-0.1, -0.05) is 72.7 Å². The molecule has 1 aromatic carbocycles. The van der Waals surface area contributed by atoms with E-state index >= 15 is 0 Å². The van der Waals surface area contributed by atoms with Gasteiger partial charge >= 0.3 is 11.9 Å². The summed E-state index contributed by atoms with van der Waals surface area (Å²) in [5.74, 6) is -2.49. The lowest BCUT2D eigenvalue weighted by atomic mass is 9.76. The first-order valence-electron chi connectivity index (χ1n) is 16.7. The number of methoxy groups -OCH3 is 2. The number of fused-ring (bicyclic) bond motifs is 1. The highest BCUT2D eigenvalue weighted by Gasteiger charge is 2.42. The van der Waals surface area contributed by atoms with E-state index in [1.807, 2.05) is 90.5 Å². The van der Waals surface area contributed by atoms with E-state index in [0.29, 0.717) is 0 Å². The maximum Gasteiger partial charge on any atom is 0.328 e. The molecule has 0 saturated carbocycles. The van der Waals surface area contributed by atoms with Crippen molar-refractivity contribution in [3.8, 4) is 0 Å². The Bertz CT molecular complexity index is 1540. The second-order valence-electron chi connectivity index (χ2n) is 14.6. The standard InChI is InChI=1S/C37H57N5O7/c1-22(2)28(20-23(3)32(44)39-26(35(47)49-13)18-19-29(43)48-12)42(11)34(46)31(36(4,5)6)40-33(45)30(38-9)37(7,8)25-21-41(10)27-17-15-14-16-24(25)27/h14-17,20-22,26,28,30-31,38H,18-19H2,1-13H3,(H,39,44)(H,40,45)/b23-20+/t26-,28+,30+,31?/m0/s1. The quantitative estimate of drug-likeness (QED) is 0.191. The van der Waals surface area contributed by atoms with Crippen LogP contribution in [0.1, 0.15) is 73.8 Å². The molecular weight excluding hydrogens is 626 g/mol. The van der Waals surface area contributed by atoms with Crippen LogP contribution in [0.5, 0.6) is 0 Å². The van der Waals surface area contributed by atoms with E-state index in [-0.39, 0.29) is 36.1 Å². The van der Waals surface area contributed by atoms with Crippen LogP contribution in [-0.2, 0) is 45.9 Å². The van der Waals surface area contributed by atoms with E-state index in [4.69, 9.17) is 4.74 Å². The molecule has 0 bridgehead atoms. The summed E-state index contributed by atoms with van der Waals surface area (Å²) in [6.07, 6.45) is 3.64. The van der Waals surface area contributed by atoms with Gasteiger partial charge in [0.25, 0.3) is 0 Å². The van der Waals surface area contributed by atoms with Crippen LogP contribution in [0.3, 0.4) is 0 Å². The fraction of sp³-hybridized carbons (Fsp3) is 0.595. The van der Waals surface area contributed by atoms with Gasteiger partial charge in [0.15, 0.2) is 0 Å². The lowest BCUT2D eigenvalue weighted by molar-refractivity contribution is -0.146. The van der Waals surface area contributed by atoms with Crippen molar-refractivity contribution in [1.29, 1.82) is 0 Å². The number of hydrogen-bond donors (Lipinski definition) is 3. The monoisotopic (exact) mass is 683 g/mol. The van der Waals surface area contributed by atoms with Gasteiger partial charge in [0, 0.05) is 48.6 Å². The molecule has 1 heterocycles. The molecule has 0 saturated heterocycles. The minimum atomic E-state index is -1.06. The number of aromatic nitrogens is 1. The molecule has 2 rings (SSSR count). The number of carbonyl (C=O) groups is 5. The van der Waals surface area contributed by atoms with Crippen LogP contribution in [-0.4, -0.2) is 91.6 Å². The Hall–Kier alpha value is -4.19. The van der Waals surface area contributed by atoms with Crippen LogP contribution >= 0.6 is 0 Å². The van der Waals surface area contributed by atoms with Gasteiger partial charge in [-0.05, 0) is 43.4 Å². The zero-order valence-electron chi connectivity index (χ0n) is 31.5. The molecule has 49 heavy (non-hydrogen) atoms. The first-order chi connectivity index (χ1) is 22.7. The number of esters is 2. The molecule has 1 aromatic heterocycles. The Balaban J connectivity index is 2.36. The Morgan fingerprint density at radius 2 is 1.57 bits per heavy atom. The van der Waals surface area contributed by atoms with Crippen molar-refractivity contribution >= 4 is 40.6 Å². The predicted molar refractivity (Wildman–Crippen MR) is 191 cm³/mol.